The van der Waals surface area contributed by atoms with Crippen LogP contribution in [0.4, 0.5) is 5.13 Å². The Morgan fingerprint density at radius 3 is 2.70 bits per heavy atom. The highest BCUT2D eigenvalue weighted by Gasteiger charge is 2.19. The van der Waals surface area contributed by atoms with E-state index in [0.29, 0.717) is 20.9 Å². The molecule has 1 N–H and O–H groups in total. The van der Waals surface area contributed by atoms with Crippen molar-refractivity contribution < 1.29 is 9.53 Å². The lowest BCUT2D eigenvalue weighted by atomic mass is 10.2. The number of thiophene rings is 1. The molecule has 8 heteroatoms. The molecule has 4 aromatic rings. The Morgan fingerprint density at radius 1 is 1.19 bits per heavy atom. The largest absolute Gasteiger partial charge is 0.497 e. The summed E-state index contributed by atoms with van der Waals surface area (Å²) in [6.45, 7) is 2.01. The highest BCUT2D eigenvalue weighted by atomic mass is 35.5. The van der Waals surface area contributed by atoms with Crippen molar-refractivity contribution in [3.8, 4) is 17.1 Å². The number of carbonyl (C=O) groups excluding carboxylic acids is 1. The predicted molar refractivity (Wildman–Crippen MR) is 111 cm³/mol. The van der Waals surface area contributed by atoms with Crippen molar-refractivity contribution in [2.24, 2.45) is 0 Å². The summed E-state index contributed by atoms with van der Waals surface area (Å²) in [4.78, 5) is 17.5. The van der Waals surface area contributed by atoms with Crippen LogP contribution >= 0.6 is 34.5 Å². The minimum absolute atomic E-state index is 0.281. The van der Waals surface area contributed by atoms with Gasteiger partial charge in [0.15, 0.2) is 5.82 Å². The van der Waals surface area contributed by atoms with E-state index < -0.39 is 0 Å². The normalized spacial score (nSPS) is 10.9. The fourth-order valence-corrected chi connectivity index (χ4v) is 4.70. The van der Waals surface area contributed by atoms with Gasteiger partial charge in [0.25, 0.3) is 5.91 Å². The van der Waals surface area contributed by atoms with Crippen LogP contribution in [-0.4, -0.2) is 22.4 Å². The Balaban J connectivity index is 1.56. The van der Waals surface area contributed by atoms with E-state index in [4.69, 9.17) is 16.3 Å². The van der Waals surface area contributed by atoms with Gasteiger partial charge < -0.3 is 4.74 Å². The van der Waals surface area contributed by atoms with Gasteiger partial charge in [-0.1, -0.05) is 23.7 Å². The summed E-state index contributed by atoms with van der Waals surface area (Å²) in [6, 6.07) is 13.4. The zero-order chi connectivity index (χ0) is 19.0. The molecule has 0 spiro atoms. The lowest BCUT2D eigenvalue weighted by molar-refractivity contribution is 0.103. The lowest BCUT2D eigenvalue weighted by Crippen LogP contribution is -2.10. The van der Waals surface area contributed by atoms with Crippen LogP contribution < -0.4 is 10.1 Å². The Bertz CT molecular complexity index is 1140. The molecule has 5 nitrogen and oxygen atoms in total. The van der Waals surface area contributed by atoms with Crippen LogP contribution in [0.25, 0.3) is 21.5 Å². The van der Waals surface area contributed by atoms with Gasteiger partial charge in [-0.3, -0.25) is 10.1 Å². The fourth-order valence-electron chi connectivity index (χ4n) is 2.60. The van der Waals surface area contributed by atoms with Gasteiger partial charge in [-0.2, -0.15) is 9.36 Å². The molecule has 0 radical (unpaired) electrons. The maximum atomic E-state index is 12.7. The lowest BCUT2D eigenvalue weighted by Gasteiger charge is -2.00. The number of nitrogens with zero attached hydrogens (tertiary/aromatic N) is 2. The van der Waals surface area contributed by atoms with Crippen LogP contribution in [0.15, 0.2) is 42.5 Å². The van der Waals surface area contributed by atoms with Crippen LogP contribution in [0.2, 0.25) is 5.02 Å². The Labute approximate surface area is 168 Å². The van der Waals surface area contributed by atoms with Crippen molar-refractivity contribution in [3.05, 3.63) is 57.9 Å². The van der Waals surface area contributed by atoms with Crippen molar-refractivity contribution >= 4 is 55.6 Å². The number of benzene rings is 2. The number of rotatable bonds is 4. The molecule has 2 heterocycles. The number of fused-ring (bicyclic) bond motifs is 1. The number of hydrogen-bond donors (Lipinski definition) is 1. The summed E-state index contributed by atoms with van der Waals surface area (Å²) in [6.07, 6.45) is 0. The maximum absolute atomic E-state index is 12.7. The average Bonchev–Trinajstić information content (AvgIpc) is 3.26. The molecular formula is C19H14ClN3O2S2. The molecule has 136 valence electrons. The van der Waals surface area contributed by atoms with Gasteiger partial charge in [-0.05, 0) is 42.8 Å². The molecule has 2 aromatic heterocycles. The summed E-state index contributed by atoms with van der Waals surface area (Å²) in [5.41, 5.74) is 1.98. The Kier molecular flexibility index (Phi) is 4.82. The first-order valence-corrected chi connectivity index (χ1v) is 10.00. The molecule has 4 rings (SSSR count). The highest BCUT2D eigenvalue weighted by Crippen LogP contribution is 2.36. The summed E-state index contributed by atoms with van der Waals surface area (Å²) in [5, 5.41) is 4.57. The topological polar surface area (TPSA) is 64.1 Å². The van der Waals surface area contributed by atoms with E-state index in [9.17, 15) is 4.79 Å². The van der Waals surface area contributed by atoms with Crippen molar-refractivity contribution in [1.82, 2.24) is 9.36 Å². The van der Waals surface area contributed by atoms with E-state index >= 15 is 0 Å². The van der Waals surface area contributed by atoms with Crippen molar-refractivity contribution in [1.29, 1.82) is 0 Å². The van der Waals surface area contributed by atoms with Crippen LogP contribution in [-0.2, 0) is 0 Å². The van der Waals surface area contributed by atoms with Crippen LogP contribution in [0.1, 0.15) is 15.2 Å². The average molecular weight is 416 g/mol. The minimum atomic E-state index is -0.281. The minimum Gasteiger partial charge on any atom is -0.497 e. The molecular weight excluding hydrogens is 402 g/mol. The molecule has 0 aliphatic carbocycles. The summed E-state index contributed by atoms with van der Waals surface area (Å²) >= 11 is 8.91. The zero-order valence-electron chi connectivity index (χ0n) is 14.4. The van der Waals surface area contributed by atoms with E-state index in [0.717, 1.165) is 38.5 Å². The number of nitrogens with one attached hydrogen (secondary N) is 1. The third-order valence-corrected chi connectivity index (χ3v) is 6.27. The van der Waals surface area contributed by atoms with Crippen molar-refractivity contribution in [2.45, 2.75) is 6.92 Å². The van der Waals surface area contributed by atoms with E-state index in [1.165, 1.54) is 11.3 Å². The molecule has 0 aliphatic heterocycles. The van der Waals surface area contributed by atoms with Crippen LogP contribution in [0.5, 0.6) is 5.75 Å². The SMILES string of the molecule is COc1ccc(-c2nsc(NC(=O)c3sc4cc(C)ccc4c3Cl)n2)cc1. The smallest absolute Gasteiger partial charge is 0.269 e. The van der Waals surface area contributed by atoms with Gasteiger partial charge >= 0.3 is 0 Å². The molecule has 0 atom stereocenters. The number of ether oxygens (including phenoxy) is 1. The molecule has 1 amide bonds. The number of aryl methyl sites for hydroxylation is 1. The molecule has 2 aromatic carbocycles. The number of hydrogen-bond acceptors (Lipinski definition) is 6. The highest BCUT2D eigenvalue weighted by molar-refractivity contribution is 7.21. The Morgan fingerprint density at radius 2 is 1.96 bits per heavy atom. The number of carbonyl (C=O) groups is 1. The second-order valence-electron chi connectivity index (χ2n) is 5.85. The molecule has 0 fully saturated rings. The molecule has 0 aliphatic rings. The first kappa shape index (κ1) is 17.9. The maximum Gasteiger partial charge on any atom is 0.269 e. The Hall–Kier alpha value is -2.48. The van der Waals surface area contributed by atoms with Gasteiger partial charge in [0, 0.05) is 27.2 Å². The van der Waals surface area contributed by atoms with Crippen molar-refractivity contribution in [3.63, 3.8) is 0 Å². The van der Waals surface area contributed by atoms with Gasteiger partial charge in [0.1, 0.15) is 10.6 Å². The van der Waals surface area contributed by atoms with Crippen LogP contribution in [0.3, 0.4) is 0 Å². The van der Waals surface area contributed by atoms with Gasteiger partial charge in [-0.25, -0.2) is 0 Å². The second kappa shape index (κ2) is 7.26. The van der Waals surface area contributed by atoms with E-state index in [1.54, 1.807) is 7.11 Å². The number of halogens is 1. The molecule has 0 unspecified atom stereocenters. The molecule has 0 saturated carbocycles. The van der Waals surface area contributed by atoms with Crippen LogP contribution in [0, 0.1) is 6.92 Å². The first-order valence-electron chi connectivity index (χ1n) is 8.03. The van der Waals surface area contributed by atoms with Gasteiger partial charge in [-0.15, -0.1) is 11.3 Å². The van der Waals surface area contributed by atoms with Gasteiger partial charge in [0.05, 0.1) is 12.1 Å². The van der Waals surface area contributed by atoms with Gasteiger partial charge in [0.2, 0.25) is 5.13 Å². The second-order valence-corrected chi connectivity index (χ2v) is 8.03. The first-order chi connectivity index (χ1) is 13.0. The quantitative estimate of drug-likeness (QED) is 0.468. The number of amides is 1. The standard InChI is InChI=1S/C19H14ClN3O2S2/c1-10-3-8-13-14(9-10)26-16(15(13)20)18(24)22-19-21-17(23-27-19)11-4-6-12(25-2)7-5-11/h3-9H,1-2H3,(H,21,22,23,24). The monoisotopic (exact) mass is 415 g/mol. The molecule has 0 bridgehead atoms. The van der Waals surface area contributed by atoms with E-state index in [2.05, 4.69) is 14.7 Å². The summed E-state index contributed by atoms with van der Waals surface area (Å²) in [7, 11) is 1.62. The van der Waals surface area contributed by atoms with E-state index in [-0.39, 0.29) is 5.91 Å². The number of aromatic nitrogens is 2. The fraction of sp³-hybridized carbons (Fsp3) is 0.105. The summed E-state index contributed by atoms with van der Waals surface area (Å²) < 4.78 is 10.4. The molecule has 0 saturated heterocycles. The zero-order valence-corrected chi connectivity index (χ0v) is 16.8. The predicted octanol–water partition coefficient (Wildman–Crippen LogP) is 5.64. The molecule has 27 heavy (non-hydrogen) atoms. The van der Waals surface area contributed by atoms with E-state index in [1.807, 2.05) is 49.4 Å². The van der Waals surface area contributed by atoms with Crippen molar-refractivity contribution in [2.75, 3.05) is 12.4 Å². The summed E-state index contributed by atoms with van der Waals surface area (Å²) in [5.74, 6) is 1.03. The number of methoxy groups -OCH3 is 1. The number of anilines is 1. The third-order valence-electron chi connectivity index (χ3n) is 3.99. The third kappa shape index (κ3) is 3.53.